The highest BCUT2D eigenvalue weighted by molar-refractivity contribution is 7.97. The molecule has 37 heavy (non-hydrogen) atoms. The Kier molecular flexibility index (Phi) is 6.43. The number of hydrogen-bond donors (Lipinski definition) is 1. The zero-order valence-electron chi connectivity index (χ0n) is 20.8. The van der Waals surface area contributed by atoms with Crippen molar-refractivity contribution in [3.63, 3.8) is 0 Å². The predicted molar refractivity (Wildman–Crippen MR) is 140 cm³/mol. The summed E-state index contributed by atoms with van der Waals surface area (Å²) in [7, 11) is 1.83. The number of fused-ring (bicyclic) bond motifs is 1. The van der Waals surface area contributed by atoms with E-state index in [1.807, 2.05) is 17.9 Å². The number of hydrogen-bond acceptors (Lipinski definition) is 7. The Balaban J connectivity index is 1.32. The van der Waals surface area contributed by atoms with Crippen LogP contribution in [0.2, 0.25) is 0 Å². The van der Waals surface area contributed by atoms with Gasteiger partial charge in [0, 0.05) is 57.6 Å². The van der Waals surface area contributed by atoms with Crippen molar-refractivity contribution in [2.75, 3.05) is 32.7 Å². The Hall–Kier alpha value is -3.28. The molecule has 0 bridgehead atoms. The standard InChI is InChI=1S/C26H29FN8OS/c1-17-9-23-19(13-30-35(23)21-5-3-20(27)4-6-21)11-22(17)24-16-34(37-26-14-29-32(2)31-26)8-7-33(24)15-18-10-25(36)28-12-18/h3-6,9,11,13-14,18,24H,7-8,10,12,15-16H2,1-2H3,(H,28,36). The number of nitrogens with one attached hydrogen (secondary N) is 1. The summed E-state index contributed by atoms with van der Waals surface area (Å²) in [6.07, 6.45) is 4.26. The Morgan fingerprint density at radius 3 is 2.70 bits per heavy atom. The smallest absolute Gasteiger partial charge is 0.220 e. The Morgan fingerprint density at radius 1 is 1.14 bits per heavy atom. The second-order valence-corrected chi connectivity index (χ2v) is 11.0. The van der Waals surface area contributed by atoms with E-state index in [2.05, 4.69) is 48.9 Å². The molecule has 0 radical (unpaired) electrons. The maximum atomic E-state index is 13.5. The summed E-state index contributed by atoms with van der Waals surface area (Å²) in [5.74, 6) is 0.197. The maximum absolute atomic E-state index is 13.5. The van der Waals surface area contributed by atoms with E-state index in [1.54, 1.807) is 35.1 Å². The third-order valence-electron chi connectivity index (χ3n) is 7.20. The quantitative estimate of drug-likeness (QED) is 0.391. The molecule has 2 aliphatic heterocycles. The molecule has 2 atom stereocenters. The minimum Gasteiger partial charge on any atom is -0.356 e. The van der Waals surface area contributed by atoms with Gasteiger partial charge >= 0.3 is 0 Å². The first-order chi connectivity index (χ1) is 17.9. The number of aryl methyl sites for hydroxylation is 2. The van der Waals surface area contributed by atoms with Crippen LogP contribution in [0.4, 0.5) is 4.39 Å². The van der Waals surface area contributed by atoms with Gasteiger partial charge in [0.25, 0.3) is 0 Å². The van der Waals surface area contributed by atoms with Crippen LogP contribution in [0.3, 0.4) is 0 Å². The lowest BCUT2D eigenvalue weighted by molar-refractivity contribution is -0.119. The number of halogens is 1. The predicted octanol–water partition coefficient (Wildman–Crippen LogP) is 3.10. The highest BCUT2D eigenvalue weighted by Crippen LogP contribution is 2.35. The summed E-state index contributed by atoms with van der Waals surface area (Å²) in [5.41, 5.74) is 4.26. The zero-order valence-corrected chi connectivity index (χ0v) is 21.7. The molecule has 2 aromatic carbocycles. The summed E-state index contributed by atoms with van der Waals surface area (Å²) in [5, 5.41) is 18.2. The molecular formula is C26H29FN8OS. The lowest BCUT2D eigenvalue weighted by atomic mass is 9.95. The van der Waals surface area contributed by atoms with E-state index < -0.39 is 0 Å². The molecule has 11 heteroatoms. The van der Waals surface area contributed by atoms with Crippen LogP contribution in [-0.4, -0.2) is 72.6 Å². The molecule has 2 saturated heterocycles. The van der Waals surface area contributed by atoms with Crippen molar-refractivity contribution in [1.82, 2.24) is 39.3 Å². The molecule has 2 aliphatic rings. The average Bonchev–Trinajstić information content (AvgIpc) is 3.60. The fraction of sp³-hybridized carbons (Fsp3) is 0.385. The van der Waals surface area contributed by atoms with Gasteiger partial charge in [-0.3, -0.25) is 9.69 Å². The summed E-state index contributed by atoms with van der Waals surface area (Å²) in [6.45, 7) is 6.38. The molecule has 9 nitrogen and oxygen atoms in total. The first kappa shape index (κ1) is 24.1. The molecule has 0 saturated carbocycles. The molecule has 2 unspecified atom stereocenters. The molecule has 192 valence electrons. The molecule has 6 rings (SSSR count). The van der Waals surface area contributed by atoms with Gasteiger partial charge in [-0.25, -0.2) is 13.4 Å². The highest BCUT2D eigenvalue weighted by atomic mass is 32.2. The second-order valence-electron chi connectivity index (χ2n) is 9.84. The van der Waals surface area contributed by atoms with Gasteiger partial charge in [-0.15, -0.1) is 5.10 Å². The van der Waals surface area contributed by atoms with Gasteiger partial charge in [-0.2, -0.15) is 15.0 Å². The Morgan fingerprint density at radius 2 is 1.97 bits per heavy atom. The van der Waals surface area contributed by atoms with Crippen molar-refractivity contribution in [1.29, 1.82) is 0 Å². The topological polar surface area (TPSA) is 84.1 Å². The van der Waals surface area contributed by atoms with E-state index in [4.69, 9.17) is 0 Å². The van der Waals surface area contributed by atoms with Gasteiger partial charge in [0.2, 0.25) is 5.91 Å². The average molecular weight is 521 g/mol. The largest absolute Gasteiger partial charge is 0.356 e. The van der Waals surface area contributed by atoms with Crippen molar-refractivity contribution in [3.8, 4) is 5.69 Å². The molecule has 1 amide bonds. The van der Waals surface area contributed by atoms with Crippen molar-refractivity contribution in [2.24, 2.45) is 13.0 Å². The van der Waals surface area contributed by atoms with E-state index >= 15 is 0 Å². The van der Waals surface area contributed by atoms with Gasteiger partial charge in [-0.1, -0.05) is 0 Å². The normalized spacial score (nSPS) is 21.1. The summed E-state index contributed by atoms with van der Waals surface area (Å²) < 4.78 is 17.7. The minimum atomic E-state index is -0.265. The summed E-state index contributed by atoms with van der Waals surface area (Å²) >= 11 is 1.64. The van der Waals surface area contributed by atoms with Crippen molar-refractivity contribution in [2.45, 2.75) is 24.4 Å². The third-order valence-corrected chi connectivity index (χ3v) is 8.16. The number of amides is 1. The first-order valence-corrected chi connectivity index (χ1v) is 13.2. The molecular weight excluding hydrogens is 491 g/mol. The maximum Gasteiger partial charge on any atom is 0.220 e. The van der Waals surface area contributed by atoms with E-state index in [9.17, 15) is 9.18 Å². The van der Waals surface area contributed by atoms with Crippen molar-refractivity contribution in [3.05, 3.63) is 65.7 Å². The van der Waals surface area contributed by atoms with E-state index in [1.165, 1.54) is 23.3 Å². The van der Waals surface area contributed by atoms with E-state index in [0.717, 1.165) is 54.3 Å². The van der Waals surface area contributed by atoms with Crippen molar-refractivity contribution < 1.29 is 9.18 Å². The van der Waals surface area contributed by atoms with Crippen LogP contribution in [-0.2, 0) is 11.8 Å². The lowest BCUT2D eigenvalue weighted by Gasteiger charge is -2.42. The number of nitrogens with zero attached hydrogens (tertiary/aromatic N) is 7. The number of carbonyl (C=O) groups is 1. The van der Waals surface area contributed by atoms with Crippen LogP contribution in [0, 0.1) is 18.7 Å². The number of rotatable bonds is 6. The summed E-state index contributed by atoms with van der Waals surface area (Å²) in [4.78, 5) is 16.0. The Bertz CT molecular complexity index is 1430. The van der Waals surface area contributed by atoms with Crippen LogP contribution in [0.5, 0.6) is 0 Å². The lowest BCUT2D eigenvalue weighted by Crippen LogP contribution is -2.47. The van der Waals surface area contributed by atoms with Crippen LogP contribution < -0.4 is 5.32 Å². The molecule has 2 aromatic heterocycles. The number of carbonyl (C=O) groups excluding carboxylic acids is 1. The van der Waals surface area contributed by atoms with Crippen LogP contribution >= 0.6 is 11.9 Å². The van der Waals surface area contributed by atoms with Gasteiger partial charge in [-0.05, 0) is 72.3 Å². The molecule has 4 aromatic rings. The number of benzene rings is 2. The fourth-order valence-electron chi connectivity index (χ4n) is 5.36. The monoisotopic (exact) mass is 520 g/mol. The fourth-order valence-corrected chi connectivity index (χ4v) is 6.26. The van der Waals surface area contributed by atoms with E-state index in [-0.39, 0.29) is 17.8 Å². The Labute approximate surface area is 218 Å². The molecule has 4 heterocycles. The first-order valence-electron chi connectivity index (χ1n) is 12.5. The van der Waals surface area contributed by atoms with E-state index in [0.29, 0.717) is 12.3 Å². The highest BCUT2D eigenvalue weighted by Gasteiger charge is 2.33. The third kappa shape index (κ3) is 4.98. The number of piperazine rings is 1. The molecule has 1 N–H and O–H groups in total. The van der Waals surface area contributed by atoms with Crippen LogP contribution in [0.15, 0.2) is 53.8 Å². The van der Waals surface area contributed by atoms with Gasteiger partial charge in [0.1, 0.15) is 5.82 Å². The SMILES string of the molecule is Cc1cc2c(cnn2-c2ccc(F)cc2)cc1C1CN(Sc2cnn(C)n2)CCN1CC1CNC(=O)C1. The van der Waals surface area contributed by atoms with Gasteiger partial charge < -0.3 is 5.32 Å². The van der Waals surface area contributed by atoms with Crippen LogP contribution in [0.25, 0.3) is 16.6 Å². The minimum absolute atomic E-state index is 0.143. The molecule has 0 aliphatic carbocycles. The second kappa shape index (κ2) is 9.88. The van der Waals surface area contributed by atoms with Gasteiger partial charge in [0.05, 0.1) is 23.6 Å². The summed E-state index contributed by atoms with van der Waals surface area (Å²) in [6, 6.07) is 11.0. The zero-order chi connectivity index (χ0) is 25.5. The number of aromatic nitrogens is 5. The van der Waals surface area contributed by atoms with Crippen LogP contribution in [0.1, 0.15) is 23.6 Å². The van der Waals surface area contributed by atoms with Crippen molar-refractivity contribution >= 4 is 28.8 Å². The molecule has 0 spiro atoms. The van der Waals surface area contributed by atoms with Gasteiger partial charge in [0.15, 0.2) is 5.03 Å². The molecule has 2 fully saturated rings.